The summed E-state index contributed by atoms with van der Waals surface area (Å²) < 4.78 is 15.1. The lowest BCUT2D eigenvalue weighted by molar-refractivity contribution is 0.0789. The van der Waals surface area contributed by atoms with Gasteiger partial charge in [0.2, 0.25) is 5.95 Å². The molecule has 0 bridgehead atoms. The van der Waals surface area contributed by atoms with Crippen LogP contribution in [0.5, 0.6) is 0 Å². The van der Waals surface area contributed by atoms with Crippen LogP contribution in [0.15, 0.2) is 71.7 Å². The Kier molecular flexibility index (Phi) is 6.81. The molecule has 4 aromatic rings. The van der Waals surface area contributed by atoms with Gasteiger partial charge in [-0.25, -0.2) is 14.4 Å². The van der Waals surface area contributed by atoms with E-state index in [1.54, 1.807) is 30.5 Å². The molecule has 0 spiro atoms. The number of likely N-dealkylation sites (tertiary alicyclic amines) is 1. The van der Waals surface area contributed by atoms with Crippen molar-refractivity contribution in [1.82, 2.24) is 20.2 Å². The maximum Gasteiger partial charge on any atom is 0.253 e. The predicted octanol–water partition coefficient (Wildman–Crippen LogP) is 5.71. The average molecular weight is 541 g/mol. The third kappa shape index (κ3) is 4.89. The summed E-state index contributed by atoms with van der Waals surface area (Å²) >= 11 is 6.48. The fourth-order valence-electron chi connectivity index (χ4n) is 5.09. The van der Waals surface area contributed by atoms with Crippen LogP contribution in [-0.4, -0.2) is 53.2 Å². The number of carbonyl (C=O) groups is 1. The summed E-state index contributed by atoms with van der Waals surface area (Å²) in [5.41, 5.74) is 5.06. The quantitative estimate of drug-likeness (QED) is 0.339. The Morgan fingerprint density at radius 2 is 1.82 bits per heavy atom. The number of amides is 1. The lowest BCUT2D eigenvalue weighted by Crippen LogP contribution is -2.33. The van der Waals surface area contributed by atoms with Crippen molar-refractivity contribution in [3.63, 3.8) is 0 Å². The van der Waals surface area contributed by atoms with Gasteiger partial charge in [0.1, 0.15) is 5.82 Å². The zero-order valence-electron chi connectivity index (χ0n) is 21.3. The van der Waals surface area contributed by atoms with E-state index in [9.17, 15) is 4.79 Å². The Balaban J connectivity index is 1.38. The number of aromatic nitrogens is 2. The molecule has 39 heavy (non-hydrogen) atoms. The number of benzene rings is 3. The van der Waals surface area contributed by atoms with Crippen LogP contribution in [0.2, 0.25) is 5.02 Å². The third-order valence-corrected chi connectivity index (χ3v) is 7.49. The minimum absolute atomic E-state index is 0.00803. The number of fused-ring (bicyclic) bond motifs is 3. The molecule has 1 fully saturated rings. The van der Waals surface area contributed by atoms with E-state index in [2.05, 4.69) is 15.6 Å². The molecule has 1 atom stereocenters. The zero-order valence-corrected chi connectivity index (χ0v) is 22.0. The first-order valence-electron chi connectivity index (χ1n) is 12.8. The molecule has 0 radical (unpaired) electrons. The molecule has 3 heterocycles. The Hall–Kier alpha value is -4.14. The van der Waals surface area contributed by atoms with Crippen molar-refractivity contribution in [2.75, 3.05) is 25.5 Å². The summed E-state index contributed by atoms with van der Waals surface area (Å²) in [7, 11) is 1.92. The molecule has 1 amide bonds. The van der Waals surface area contributed by atoms with Crippen molar-refractivity contribution in [2.24, 2.45) is 4.99 Å². The van der Waals surface area contributed by atoms with Crippen LogP contribution in [0, 0.1) is 5.82 Å². The molecular weight excluding hydrogens is 515 g/mol. The monoisotopic (exact) mass is 540 g/mol. The highest BCUT2D eigenvalue weighted by Crippen LogP contribution is 2.38. The summed E-state index contributed by atoms with van der Waals surface area (Å²) in [6.07, 6.45) is 2.74. The average Bonchev–Trinajstić information content (AvgIpc) is 3.36. The van der Waals surface area contributed by atoms with Gasteiger partial charge in [-0.1, -0.05) is 41.9 Å². The van der Waals surface area contributed by atoms with E-state index in [0.717, 1.165) is 24.1 Å². The number of carbonyl (C=O) groups excluding carboxylic acids is 1. The van der Waals surface area contributed by atoms with Crippen molar-refractivity contribution < 1.29 is 9.18 Å². The van der Waals surface area contributed by atoms with Crippen molar-refractivity contribution in [2.45, 2.75) is 19.0 Å². The third-order valence-electron chi connectivity index (χ3n) is 7.17. The molecule has 7 nitrogen and oxygen atoms in total. The van der Waals surface area contributed by atoms with Crippen LogP contribution in [-0.2, 0) is 6.54 Å². The second-order valence-electron chi connectivity index (χ2n) is 9.60. The van der Waals surface area contributed by atoms with Gasteiger partial charge in [0.25, 0.3) is 5.91 Å². The van der Waals surface area contributed by atoms with Gasteiger partial charge >= 0.3 is 0 Å². The number of anilines is 2. The number of nitrogens with one attached hydrogen (secondary N) is 2. The first kappa shape index (κ1) is 25.2. The number of hydrogen-bond acceptors (Lipinski definition) is 6. The maximum atomic E-state index is 15.1. The first-order valence-corrected chi connectivity index (χ1v) is 13.2. The van der Waals surface area contributed by atoms with Gasteiger partial charge in [-0.3, -0.25) is 9.79 Å². The highest BCUT2D eigenvalue weighted by molar-refractivity contribution is 6.33. The van der Waals surface area contributed by atoms with Gasteiger partial charge < -0.3 is 15.5 Å². The largest absolute Gasteiger partial charge is 0.337 e. The van der Waals surface area contributed by atoms with Crippen LogP contribution in [0.4, 0.5) is 16.0 Å². The van der Waals surface area contributed by atoms with E-state index in [1.165, 1.54) is 6.07 Å². The summed E-state index contributed by atoms with van der Waals surface area (Å²) in [6.45, 7) is 1.72. The highest BCUT2D eigenvalue weighted by atomic mass is 35.5. The predicted molar refractivity (Wildman–Crippen MR) is 152 cm³/mol. The molecule has 2 aliphatic heterocycles. The molecule has 1 aromatic heterocycles. The maximum absolute atomic E-state index is 15.1. The lowest BCUT2D eigenvalue weighted by Gasteiger charge is -2.17. The van der Waals surface area contributed by atoms with Gasteiger partial charge in [0.05, 0.1) is 28.5 Å². The molecular formula is C30H26ClFN6O. The van der Waals surface area contributed by atoms with Crippen LogP contribution < -0.4 is 10.6 Å². The van der Waals surface area contributed by atoms with Crippen molar-refractivity contribution in [3.05, 3.63) is 94.3 Å². The van der Waals surface area contributed by atoms with E-state index in [1.807, 2.05) is 48.3 Å². The Bertz CT molecular complexity index is 1570. The normalized spacial score (nSPS) is 16.0. The smallest absolute Gasteiger partial charge is 0.253 e. The molecule has 1 unspecified atom stereocenters. The Labute approximate surface area is 230 Å². The topological polar surface area (TPSA) is 82.5 Å². The molecule has 6 rings (SSSR count). The Morgan fingerprint density at radius 1 is 1.03 bits per heavy atom. The van der Waals surface area contributed by atoms with Gasteiger partial charge in [0.15, 0.2) is 0 Å². The highest BCUT2D eigenvalue weighted by Gasteiger charge is 2.26. The van der Waals surface area contributed by atoms with Crippen LogP contribution in [0.25, 0.3) is 22.5 Å². The van der Waals surface area contributed by atoms with E-state index in [4.69, 9.17) is 21.6 Å². The van der Waals surface area contributed by atoms with E-state index in [0.29, 0.717) is 40.8 Å². The molecule has 2 N–H and O–H groups in total. The van der Waals surface area contributed by atoms with Crippen LogP contribution in [0.1, 0.15) is 27.9 Å². The molecule has 1 saturated heterocycles. The molecule has 9 heteroatoms. The van der Waals surface area contributed by atoms with Gasteiger partial charge in [-0.2, -0.15) is 0 Å². The number of aliphatic imine (C=N–C) groups is 1. The lowest BCUT2D eigenvalue weighted by atomic mass is 9.98. The second kappa shape index (κ2) is 10.6. The summed E-state index contributed by atoms with van der Waals surface area (Å²) in [6, 6.07) is 19.9. The minimum Gasteiger partial charge on any atom is -0.337 e. The number of hydrogen-bond donors (Lipinski definition) is 2. The van der Waals surface area contributed by atoms with Gasteiger partial charge in [-0.05, 0) is 49.9 Å². The zero-order chi connectivity index (χ0) is 26.9. The summed E-state index contributed by atoms with van der Waals surface area (Å²) in [5.74, 6) is -0.176. The van der Waals surface area contributed by atoms with Crippen LogP contribution >= 0.6 is 11.6 Å². The second-order valence-corrected chi connectivity index (χ2v) is 10.0. The number of nitrogens with zero attached hydrogens (tertiary/aromatic N) is 4. The number of rotatable bonds is 5. The first-order chi connectivity index (χ1) is 19.0. The van der Waals surface area contributed by atoms with E-state index in [-0.39, 0.29) is 29.0 Å². The molecule has 196 valence electrons. The van der Waals surface area contributed by atoms with Gasteiger partial charge in [-0.15, -0.1) is 0 Å². The molecule has 0 saturated carbocycles. The van der Waals surface area contributed by atoms with Crippen molar-refractivity contribution in [3.8, 4) is 22.5 Å². The molecule has 0 aliphatic carbocycles. The van der Waals surface area contributed by atoms with Gasteiger partial charge in [0, 0.05) is 53.3 Å². The molecule has 3 aromatic carbocycles. The summed E-state index contributed by atoms with van der Waals surface area (Å²) in [5, 5.41) is 6.74. The minimum atomic E-state index is -0.471. The Morgan fingerprint density at radius 3 is 2.59 bits per heavy atom. The fraction of sp³-hybridized carbons (Fsp3) is 0.200. The van der Waals surface area contributed by atoms with E-state index >= 15 is 4.39 Å². The number of halogens is 2. The van der Waals surface area contributed by atoms with E-state index < -0.39 is 5.82 Å². The summed E-state index contributed by atoms with van der Waals surface area (Å²) in [4.78, 5) is 28.9. The van der Waals surface area contributed by atoms with Crippen molar-refractivity contribution >= 4 is 35.4 Å². The number of likely N-dealkylation sites (N-methyl/N-ethyl adjacent to an activating group) is 1. The van der Waals surface area contributed by atoms with Crippen molar-refractivity contribution in [1.29, 1.82) is 0 Å². The van der Waals surface area contributed by atoms with Crippen LogP contribution in [0.3, 0.4) is 0 Å². The fourth-order valence-corrected chi connectivity index (χ4v) is 5.34. The standard InChI is InChI=1S/C30H26ClFN6O/c1-33-21-13-14-38(17-21)29(39)18-9-11-20(12-10-18)35-30-36-27-22-6-3-2-5-19(22)15-34-16-23(27)28(37-30)26-24(31)7-4-8-25(26)32/h2-12,15,21,33H,13-14,16-17H2,1H3,(H,35,36,37). The SMILES string of the molecule is CNC1CCN(C(=O)c2ccc(Nc3nc4c(c(-c5c(F)cccc5Cl)n3)CN=Cc3ccccc3-4)cc2)C1. The molecule has 2 aliphatic rings.